The molecule has 7 heteroatoms. The van der Waals surface area contributed by atoms with E-state index in [4.69, 9.17) is 21.6 Å². The molecule has 1 aromatic heterocycles. The minimum absolute atomic E-state index is 0.234. The third-order valence-corrected chi connectivity index (χ3v) is 3.44. The van der Waals surface area contributed by atoms with Crippen molar-refractivity contribution in [3.8, 4) is 6.07 Å². The van der Waals surface area contributed by atoms with Crippen molar-refractivity contribution < 1.29 is 9.53 Å². The van der Waals surface area contributed by atoms with Crippen LogP contribution in [0.15, 0.2) is 23.7 Å². The molecule has 0 atom stereocenters. The molecule has 1 heterocycles. The molecule has 0 saturated heterocycles. The maximum atomic E-state index is 11.7. The van der Waals surface area contributed by atoms with E-state index in [2.05, 4.69) is 10.3 Å². The molecule has 5 nitrogen and oxygen atoms in total. The van der Waals surface area contributed by atoms with E-state index >= 15 is 0 Å². The highest BCUT2D eigenvalue weighted by Gasteiger charge is 2.16. The first-order valence-corrected chi connectivity index (χ1v) is 6.98. The Morgan fingerprint density at radius 3 is 3.05 bits per heavy atom. The van der Waals surface area contributed by atoms with Crippen molar-refractivity contribution in [2.24, 2.45) is 0 Å². The molecular weight excluding hydrogens is 298 g/mol. The maximum Gasteiger partial charge on any atom is 0.360 e. The van der Waals surface area contributed by atoms with Gasteiger partial charge in [0.15, 0.2) is 5.69 Å². The van der Waals surface area contributed by atoms with Crippen LogP contribution in [-0.2, 0) is 4.74 Å². The van der Waals surface area contributed by atoms with Crippen molar-refractivity contribution in [1.29, 1.82) is 5.26 Å². The molecule has 0 bridgehead atoms. The van der Waals surface area contributed by atoms with Crippen molar-refractivity contribution in [1.82, 2.24) is 4.98 Å². The number of esters is 1. The number of carbonyl (C=O) groups excluding carboxylic acids is 1. The van der Waals surface area contributed by atoms with Crippen LogP contribution in [0.5, 0.6) is 0 Å². The van der Waals surface area contributed by atoms with Crippen LogP contribution < -0.4 is 5.32 Å². The molecule has 0 aliphatic carbocycles. The number of rotatable bonds is 4. The Balaban J connectivity index is 2.23. The number of carbonyl (C=O) groups is 1. The van der Waals surface area contributed by atoms with Crippen LogP contribution in [0.1, 0.15) is 23.0 Å². The van der Waals surface area contributed by atoms with E-state index in [1.807, 2.05) is 6.07 Å². The summed E-state index contributed by atoms with van der Waals surface area (Å²) in [6.07, 6.45) is 0. The van der Waals surface area contributed by atoms with Crippen LogP contribution in [0.3, 0.4) is 0 Å². The number of ether oxygens (including phenoxy) is 1. The van der Waals surface area contributed by atoms with Crippen LogP contribution in [0.2, 0.25) is 5.02 Å². The molecule has 0 radical (unpaired) electrons. The number of hydrogen-bond acceptors (Lipinski definition) is 6. The van der Waals surface area contributed by atoms with Gasteiger partial charge in [-0.1, -0.05) is 11.6 Å². The molecule has 0 saturated carbocycles. The van der Waals surface area contributed by atoms with E-state index in [0.29, 0.717) is 27.9 Å². The smallest absolute Gasteiger partial charge is 0.360 e. The SMILES string of the molecule is CCOC(=O)c1ncsc1Nc1ccc(C#N)c(Cl)c1. The Hall–Kier alpha value is -2.10. The quantitative estimate of drug-likeness (QED) is 0.874. The van der Waals surface area contributed by atoms with E-state index in [9.17, 15) is 4.79 Å². The van der Waals surface area contributed by atoms with Crippen molar-refractivity contribution in [2.75, 3.05) is 11.9 Å². The fraction of sp³-hybridized carbons (Fsp3) is 0.154. The van der Waals surface area contributed by atoms with Crippen molar-refractivity contribution >= 4 is 39.6 Å². The Bertz CT molecular complexity index is 678. The maximum absolute atomic E-state index is 11.7. The van der Waals surface area contributed by atoms with Gasteiger partial charge >= 0.3 is 5.97 Å². The van der Waals surface area contributed by atoms with Gasteiger partial charge in [-0.05, 0) is 25.1 Å². The molecule has 20 heavy (non-hydrogen) atoms. The lowest BCUT2D eigenvalue weighted by Gasteiger charge is -2.07. The first-order chi connectivity index (χ1) is 9.65. The van der Waals surface area contributed by atoms with Gasteiger partial charge in [0.25, 0.3) is 0 Å². The van der Waals surface area contributed by atoms with Gasteiger partial charge in [-0.3, -0.25) is 0 Å². The fourth-order valence-corrected chi connectivity index (χ4v) is 2.41. The van der Waals surface area contributed by atoms with Crippen LogP contribution in [0.25, 0.3) is 0 Å². The number of benzene rings is 1. The molecule has 1 N–H and O–H groups in total. The molecule has 102 valence electrons. The Labute approximate surface area is 124 Å². The van der Waals surface area contributed by atoms with Crippen molar-refractivity contribution in [2.45, 2.75) is 6.92 Å². The second-order valence-electron chi connectivity index (χ2n) is 3.68. The average molecular weight is 308 g/mol. The predicted molar refractivity (Wildman–Crippen MR) is 77.5 cm³/mol. The largest absolute Gasteiger partial charge is 0.461 e. The summed E-state index contributed by atoms with van der Waals surface area (Å²) in [5.74, 6) is -0.476. The van der Waals surface area contributed by atoms with Gasteiger partial charge in [-0.25, -0.2) is 9.78 Å². The van der Waals surface area contributed by atoms with Gasteiger partial charge in [0.05, 0.1) is 22.7 Å². The Morgan fingerprint density at radius 1 is 1.60 bits per heavy atom. The molecule has 0 fully saturated rings. The highest BCUT2D eigenvalue weighted by molar-refractivity contribution is 7.14. The van der Waals surface area contributed by atoms with E-state index in [-0.39, 0.29) is 5.69 Å². The summed E-state index contributed by atoms with van der Waals surface area (Å²) in [5.41, 5.74) is 2.85. The Kier molecular flexibility index (Phi) is 4.56. The number of thiazole rings is 1. The van der Waals surface area contributed by atoms with E-state index < -0.39 is 5.97 Å². The lowest BCUT2D eigenvalue weighted by atomic mass is 10.2. The molecule has 2 rings (SSSR count). The fourth-order valence-electron chi connectivity index (χ4n) is 1.49. The first kappa shape index (κ1) is 14.3. The highest BCUT2D eigenvalue weighted by atomic mass is 35.5. The number of nitrogens with one attached hydrogen (secondary N) is 1. The van der Waals surface area contributed by atoms with E-state index in [1.54, 1.807) is 30.6 Å². The zero-order valence-electron chi connectivity index (χ0n) is 10.5. The summed E-state index contributed by atoms with van der Waals surface area (Å²) in [6, 6.07) is 6.92. The summed E-state index contributed by atoms with van der Waals surface area (Å²) >= 11 is 7.24. The molecule has 0 aliphatic heterocycles. The van der Waals surface area contributed by atoms with Crippen molar-refractivity contribution in [3.05, 3.63) is 40.0 Å². The molecular formula is C13H10ClN3O2S. The minimum Gasteiger partial charge on any atom is -0.461 e. The lowest BCUT2D eigenvalue weighted by molar-refractivity contribution is 0.0521. The number of hydrogen-bond donors (Lipinski definition) is 1. The summed E-state index contributed by atoms with van der Waals surface area (Å²) < 4.78 is 4.92. The predicted octanol–water partition coefficient (Wildman–Crippen LogP) is 3.59. The van der Waals surface area contributed by atoms with Gasteiger partial charge in [0, 0.05) is 5.69 Å². The third-order valence-electron chi connectivity index (χ3n) is 2.38. The second-order valence-corrected chi connectivity index (χ2v) is 4.94. The number of halogens is 1. The van der Waals surface area contributed by atoms with Gasteiger partial charge in [-0.15, -0.1) is 11.3 Å². The number of nitrogens with zero attached hydrogens (tertiary/aromatic N) is 2. The summed E-state index contributed by atoms with van der Waals surface area (Å²) in [4.78, 5) is 15.7. The summed E-state index contributed by atoms with van der Waals surface area (Å²) in [7, 11) is 0. The molecule has 1 aromatic carbocycles. The molecule has 0 spiro atoms. The molecule has 0 aliphatic rings. The highest BCUT2D eigenvalue weighted by Crippen LogP contribution is 2.28. The van der Waals surface area contributed by atoms with Crippen LogP contribution in [0, 0.1) is 11.3 Å². The topological polar surface area (TPSA) is 75.0 Å². The zero-order chi connectivity index (χ0) is 14.5. The monoisotopic (exact) mass is 307 g/mol. The lowest BCUT2D eigenvalue weighted by Crippen LogP contribution is -2.07. The normalized spacial score (nSPS) is 9.85. The minimum atomic E-state index is -0.476. The van der Waals surface area contributed by atoms with Crippen LogP contribution in [0.4, 0.5) is 10.7 Å². The summed E-state index contributed by atoms with van der Waals surface area (Å²) in [6.45, 7) is 2.02. The van der Waals surface area contributed by atoms with Gasteiger partial charge in [-0.2, -0.15) is 5.26 Å². The molecule has 2 aromatic rings. The van der Waals surface area contributed by atoms with Crippen LogP contribution >= 0.6 is 22.9 Å². The van der Waals surface area contributed by atoms with E-state index in [0.717, 1.165) is 0 Å². The zero-order valence-corrected chi connectivity index (χ0v) is 12.1. The first-order valence-electron chi connectivity index (χ1n) is 5.73. The van der Waals surface area contributed by atoms with Gasteiger partial charge < -0.3 is 10.1 Å². The average Bonchev–Trinajstić information content (AvgIpc) is 2.87. The third kappa shape index (κ3) is 3.07. The molecule has 0 amide bonds. The van der Waals surface area contributed by atoms with Crippen LogP contribution in [-0.4, -0.2) is 17.6 Å². The number of aromatic nitrogens is 1. The Morgan fingerprint density at radius 2 is 2.40 bits per heavy atom. The number of anilines is 2. The molecule has 0 unspecified atom stereocenters. The van der Waals surface area contributed by atoms with Gasteiger partial charge in [0.1, 0.15) is 11.1 Å². The summed E-state index contributed by atoms with van der Waals surface area (Å²) in [5, 5.41) is 12.8. The number of nitriles is 1. The van der Waals surface area contributed by atoms with Crippen molar-refractivity contribution in [3.63, 3.8) is 0 Å². The standard InChI is InChI=1S/C13H10ClN3O2S/c1-2-19-13(18)11-12(20-7-16-11)17-9-4-3-8(6-15)10(14)5-9/h3-5,7,17H,2H2,1H3. The van der Waals surface area contributed by atoms with Gasteiger partial charge in [0.2, 0.25) is 0 Å². The van der Waals surface area contributed by atoms with E-state index in [1.165, 1.54) is 11.3 Å². The second kappa shape index (κ2) is 6.37.